The highest BCUT2D eigenvalue weighted by Crippen LogP contribution is 2.23. The molecule has 0 radical (unpaired) electrons. The molecule has 2 aromatic heterocycles. The van der Waals surface area contributed by atoms with Crippen LogP contribution in [-0.4, -0.2) is 14.9 Å². The van der Waals surface area contributed by atoms with E-state index in [0.29, 0.717) is 4.88 Å². The average molecular weight is 324 g/mol. The third-order valence-electron chi connectivity index (χ3n) is 3.02. The third kappa shape index (κ3) is 2.70. The number of hydrogen-bond acceptors (Lipinski definition) is 5. The van der Waals surface area contributed by atoms with Crippen LogP contribution in [0.2, 0.25) is 0 Å². The highest BCUT2D eigenvalue weighted by Gasteiger charge is 2.21. The second-order valence-electron chi connectivity index (χ2n) is 4.48. The van der Waals surface area contributed by atoms with E-state index in [4.69, 9.17) is 4.42 Å². The van der Waals surface area contributed by atoms with Gasteiger partial charge in [-0.25, -0.2) is 13.6 Å². The lowest BCUT2D eigenvalue weighted by molar-refractivity contribution is 0.139. The molecule has 1 aromatic carbocycles. The molecule has 114 valence electrons. The maximum atomic E-state index is 13.6. The molecule has 0 aliphatic carbocycles. The quantitative estimate of drug-likeness (QED) is 0.801. The van der Waals surface area contributed by atoms with Gasteiger partial charge in [0.25, 0.3) is 5.89 Å². The van der Waals surface area contributed by atoms with Crippen LogP contribution in [0.3, 0.4) is 0 Å². The molecule has 22 heavy (non-hydrogen) atoms. The van der Waals surface area contributed by atoms with Crippen LogP contribution in [0.25, 0.3) is 10.8 Å². The molecule has 0 fully saturated rings. The summed E-state index contributed by atoms with van der Waals surface area (Å²) in [4.78, 5) is 12.4. The fourth-order valence-electron chi connectivity index (χ4n) is 2.01. The molecule has 0 aliphatic heterocycles. The highest BCUT2D eigenvalue weighted by atomic mass is 32.1. The first-order valence-corrected chi connectivity index (χ1v) is 7.18. The zero-order chi connectivity index (χ0) is 15.7. The molecule has 0 saturated carbocycles. The summed E-state index contributed by atoms with van der Waals surface area (Å²) in [5.74, 6) is -2.48. The van der Waals surface area contributed by atoms with Gasteiger partial charge in [-0.1, -0.05) is 12.1 Å². The second kappa shape index (κ2) is 5.82. The van der Waals surface area contributed by atoms with E-state index in [1.807, 2.05) is 0 Å². The monoisotopic (exact) mass is 324 g/mol. The van der Waals surface area contributed by atoms with Gasteiger partial charge in [-0.05, 0) is 23.6 Å². The van der Waals surface area contributed by atoms with Crippen LogP contribution in [0.4, 0.5) is 8.78 Å². The number of thiophene rings is 1. The fourth-order valence-corrected chi connectivity index (χ4v) is 2.65. The van der Waals surface area contributed by atoms with E-state index >= 15 is 0 Å². The Labute approximate surface area is 127 Å². The van der Waals surface area contributed by atoms with Crippen molar-refractivity contribution in [1.82, 2.24) is 9.78 Å². The number of hydrogen-bond donors (Lipinski definition) is 1. The van der Waals surface area contributed by atoms with Crippen molar-refractivity contribution in [3.8, 4) is 10.8 Å². The van der Waals surface area contributed by atoms with Gasteiger partial charge in [-0.3, -0.25) is 0 Å². The maximum Gasteiger partial charge on any atom is 0.437 e. The van der Waals surface area contributed by atoms with Gasteiger partial charge in [0, 0.05) is 0 Å². The number of rotatable bonds is 4. The summed E-state index contributed by atoms with van der Waals surface area (Å²) in [5.41, 5.74) is -0.505. The Morgan fingerprint density at radius 3 is 2.64 bits per heavy atom. The molecule has 3 aromatic rings. The summed E-state index contributed by atoms with van der Waals surface area (Å²) in [6.45, 7) is -0.411. The van der Waals surface area contributed by atoms with E-state index in [0.717, 1.165) is 16.8 Å². The van der Waals surface area contributed by atoms with Crippen molar-refractivity contribution in [2.45, 2.75) is 12.6 Å². The molecule has 1 atom stereocenters. The van der Waals surface area contributed by atoms with Crippen molar-refractivity contribution in [3.05, 3.63) is 63.5 Å². The van der Waals surface area contributed by atoms with Crippen LogP contribution in [0, 0.1) is 11.6 Å². The number of nitrogens with zero attached hydrogens (tertiary/aromatic N) is 2. The first-order chi connectivity index (χ1) is 10.6. The second-order valence-corrected chi connectivity index (χ2v) is 5.43. The van der Waals surface area contributed by atoms with E-state index < -0.39 is 35.6 Å². The predicted molar refractivity (Wildman–Crippen MR) is 75.4 cm³/mol. The molecule has 0 aliphatic rings. The molecule has 1 N–H and O–H groups in total. The number of aliphatic hydroxyl groups is 1. The van der Waals surface area contributed by atoms with Gasteiger partial charge in [-0.15, -0.1) is 16.4 Å². The van der Waals surface area contributed by atoms with Crippen molar-refractivity contribution in [3.63, 3.8) is 0 Å². The third-order valence-corrected chi connectivity index (χ3v) is 3.87. The van der Waals surface area contributed by atoms with Crippen molar-refractivity contribution in [2.75, 3.05) is 0 Å². The first kappa shape index (κ1) is 14.6. The van der Waals surface area contributed by atoms with Gasteiger partial charge in [0.1, 0.15) is 17.7 Å². The minimum Gasteiger partial charge on any atom is -0.387 e. The highest BCUT2D eigenvalue weighted by molar-refractivity contribution is 7.13. The van der Waals surface area contributed by atoms with Gasteiger partial charge in [-0.2, -0.15) is 4.68 Å². The number of halogens is 2. The van der Waals surface area contributed by atoms with Crippen LogP contribution >= 0.6 is 11.3 Å². The van der Waals surface area contributed by atoms with Crippen LogP contribution in [0.1, 0.15) is 11.7 Å². The molecule has 0 saturated heterocycles. The van der Waals surface area contributed by atoms with Crippen LogP contribution < -0.4 is 5.76 Å². The van der Waals surface area contributed by atoms with E-state index in [1.54, 1.807) is 17.5 Å². The van der Waals surface area contributed by atoms with Gasteiger partial charge < -0.3 is 9.52 Å². The molecular formula is C14H10F2N2O3S. The Morgan fingerprint density at radius 2 is 2.00 bits per heavy atom. The summed E-state index contributed by atoms with van der Waals surface area (Å²) in [5, 5.41) is 15.7. The predicted octanol–water partition coefficient (Wildman–Crippen LogP) is 2.58. The maximum absolute atomic E-state index is 13.6. The lowest BCUT2D eigenvalue weighted by atomic mass is 10.1. The Hall–Kier alpha value is -2.32. The summed E-state index contributed by atoms with van der Waals surface area (Å²) < 4.78 is 33.0. The number of aliphatic hydroxyl groups excluding tert-OH is 1. The lowest BCUT2D eigenvalue weighted by Gasteiger charge is -2.11. The van der Waals surface area contributed by atoms with E-state index in [9.17, 15) is 18.7 Å². The van der Waals surface area contributed by atoms with Crippen LogP contribution in [0.15, 0.2) is 44.9 Å². The zero-order valence-electron chi connectivity index (χ0n) is 11.1. The van der Waals surface area contributed by atoms with E-state index in [2.05, 4.69) is 5.10 Å². The van der Waals surface area contributed by atoms with Gasteiger partial charge >= 0.3 is 5.76 Å². The summed E-state index contributed by atoms with van der Waals surface area (Å²) in [6, 6.07) is 6.74. The van der Waals surface area contributed by atoms with Crippen molar-refractivity contribution >= 4 is 11.3 Å². The Morgan fingerprint density at radius 1 is 1.27 bits per heavy atom. The minimum absolute atomic E-state index is 0.0983. The van der Waals surface area contributed by atoms with Crippen molar-refractivity contribution in [1.29, 1.82) is 0 Å². The minimum atomic E-state index is -1.56. The van der Waals surface area contributed by atoms with Crippen molar-refractivity contribution in [2.24, 2.45) is 0 Å². The lowest BCUT2D eigenvalue weighted by Crippen LogP contribution is -2.21. The van der Waals surface area contributed by atoms with Crippen LogP contribution in [-0.2, 0) is 6.54 Å². The molecule has 0 bridgehead atoms. The van der Waals surface area contributed by atoms with E-state index in [-0.39, 0.29) is 5.89 Å². The molecule has 1 unspecified atom stereocenters. The molecule has 2 heterocycles. The largest absolute Gasteiger partial charge is 0.437 e. The Balaban J connectivity index is 1.89. The molecule has 5 nitrogen and oxygen atoms in total. The normalized spacial score (nSPS) is 12.5. The molecular weight excluding hydrogens is 314 g/mol. The Kier molecular flexibility index (Phi) is 3.86. The smallest absolute Gasteiger partial charge is 0.387 e. The summed E-state index contributed by atoms with van der Waals surface area (Å²) in [6.07, 6.45) is -1.56. The summed E-state index contributed by atoms with van der Waals surface area (Å²) >= 11 is 1.33. The van der Waals surface area contributed by atoms with E-state index in [1.165, 1.54) is 17.4 Å². The first-order valence-electron chi connectivity index (χ1n) is 6.30. The SMILES string of the molecule is O=c1oc(-c2cccs2)nn1CC(O)c1c(F)cccc1F. The topological polar surface area (TPSA) is 68.3 Å². The molecule has 0 spiro atoms. The number of aromatic nitrogens is 2. The number of benzene rings is 1. The fraction of sp³-hybridized carbons (Fsp3) is 0.143. The average Bonchev–Trinajstić information content (AvgIpc) is 3.09. The van der Waals surface area contributed by atoms with Gasteiger partial charge in [0.15, 0.2) is 0 Å². The Bertz CT molecular complexity index is 822. The molecule has 8 heteroatoms. The van der Waals surface area contributed by atoms with Gasteiger partial charge in [0.05, 0.1) is 17.0 Å². The van der Waals surface area contributed by atoms with Crippen molar-refractivity contribution < 1.29 is 18.3 Å². The standard InChI is InChI=1S/C14H10F2N2O3S/c15-8-3-1-4-9(16)12(8)10(19)7-18-14(20)21-13(17-18)11-5-2-6-22-11/h1-6,10,19H,7H2. The van der Waals surface area contributed by atoms with Crippen LogP contribution in [0.5, 0.6) is 0 Å². The zero-order valence-corrected chi connectivity index (χ0v) is 11.9. The van der Waals surface area contributed by atoms with Gasteiger partial charge in [0.2, 0.25) is 0 Å². The molecule has 0 amide bonds. The molecule has 3 rings (SSSR count). The summed E-state index contributed by atoms with van der Waals surface area (Å²) in [7, 11) is 0.